The number of fused-ring (bicyclic) bond motifs is 10. The summed E-state index contributed by atoms with van der Waals surface area (Å²) in [5.41, 5.74) is 27.3. The van der Waals surface area contributed by atoms with Gasteiger partial charge in [-0.2, -0.15) is 0 Å². The average Bonchev–Trinajstić information content (AvgIpc) is 0.686. The van der Waals surface area contributed by atoms with Crippen LogP contribution in [0.2, 0.25) is 0 Å². The third kappa shape index (κ3) is 8.49. The fourth-order valence-electron chi connectivity index (χ4n) is 15.8. The summed E-state index contributed by atoms with van der Waals surface area (Å²) in [6.07, 6.45) is 0. The van der Waals surface area contributed by atoms with E-state index in [9.17, 15) is 0 Å². The third-order valence-electron chi connectivity index (χ3n) is 19.5. The molecule has 0 radical (unpaired) electrons. The van der Waals surface area contributed by atoms with E-state index in [1.807, 2.05) is 11.8 Å². The van der Waals surface area contributed by atoms with Gasteiger partial charge in [0.1, 0.15) is 11.5 Å². The zero-order valence-corrected chi connectivity index (χ0v) is 51.9. The Morgan fingerprint density at radius 2 is 0.574 bits per heavy atom. The summed E-state index contributed by atoms with van der Waals surface area (Å²) in [5.74, 6) is 1.73. The highest BCUT2D eigenvalue weighted by molar-refractivity contribution is 8.00. The second kappa shape index (κ2) is 22.1. The van der Waals surface area contributed by atoms with Crippen LogP contribution in [0.5, 0.6) is 11.5 Å². The van der Waals surface area contributed by atoms with Crippen molar-refractivity contribution in [2.75, 3.05) is 24.5 Å². The van der Waals surface area contributed by atoms with Gasteiger partial charge < -0.3 is 29.2 Å². The van der Waals surface area contributed by atoms with Crippen molar-refractivity contribution in [1.82, 2.24) is 0 Å². The van der Waals surface area contributed by atoms with E-state index < -0.39 is 0 Å². The molecule has 5 aliphatic rings. The highest BCUT2D eigenvalue weighted by atomic mass is 32.2. The van der Waals surface area contributed by atoms with Crippen LogP contribution in [0.25, 0.3) is 0 Å². The van der Waals surface area contributed by atoms with Crippen LogP contribution in [0, 0.1) is 0 Å². The van der Waals surface area contributed by atoms with Gasteiger partial charge in [-0.25, -0.2) is 0 Å². The van der Waals surface area contributed by atoms with Gasteiger partial charge in [0, 0.05) is 95.5 Å². The average molecular weight is 1220 g/mol. The number of nitrogens with zero attached hydrogens (tertiary/aromatic N) is 5. The molecule has 0 aliphatic carbocycles. The van der Waals surface area contributed by atoms with E-state index in [1.54, 1.807) is 0 Å². The Hall–Kier alpha value is -11.6. The Kier molecular flexibility index (Phi) is 12.7. The van der Waals surface area contributed by atoms with Gasteiger partial charge in [-0.1, -0.05) is 223 Å². The Bertz CT molecular complexity index is 4880. The van der Waals surface area contributed by atoms with Crippen LogP contribution in [-0.2, 0) is 0 Å². The highest BCUT2D eigenvalue weighted by Gasteiger charge is 2.50. The van der Waals surface area contributed by atoms with Crippen LogP contribution in [0.4, 0.5) is 85.3 Å². The van der Waals surface area contributed by atoms with Crippen molar-refractivity contribution >= 4 is 166 Å². The van der Waals surface area contributed by atoms with Crippen LogP contribution in [0.1, 0.15) is 0 Å². The molecule has 0 saturated heterocycles. The first-order chi connectivity index (χ1) is 46.7. The van der Waals surface area contributed by atoms with E-state index in [1.165, 1.54) is 42.6 Å². The van der Waals surface area contributed by atoms with Crippen LogP contribution < -0.4 is 78.4 Å². The highest BCUT2D eigenvalue weighted by Crippen LogP contribution is 2.50. The lowest BCUT2D eigenvalue weighted by Crippen LogP contribution is -2.67. The van der Waals surface area contributed by atoms with Crippen molar-refractivity contribution in [3.8, 4) is 11.5 Å². The lowest BCUT2D eigenvalue weighted by atomic mass is 9.28. The van der Waals surface area contributed by atoms with Gasteiger partial charge in [0.05, 0.1) is 5.69 Å². The molecule has 0 spiro atoms. The minimum atomic E-state index is -0.286. The number of benzene rings is 14. The van der Waals surface area contributed by atoms with Gasteiger partial charge in [0.15, 0.2) is 0 Å². The van der Waals surface area contributed by atoms with E-state index >= 15 is 0 Å². The zero-order valence-electron chi connectivity index (χ0n) is 51.1. The molecule has 0 atom stereocenters. The molecule has 0 aromatic heterocycles. The Morgan fingerprint density at radius 3 is 0.979 bits per heavy atom. The minimum absolute atomic E-state index is 0.180. The number of rotatable bonds is 10. The fraction of sp³-hybridized carbons (Fsp3) is 0. The topological polar surface area (TPSA) is 25.4 Å². The minimum Gasteiger partial charge on any atom is -0.459 e. The van der Waals surface area contributed by atoms with Crippen molar-refractivity contribution in [1.29, 1.82) is 0 Å². The van der Waals surface area contributed by atoms with Gasteiger partial charge in [-0.3, -0.25) is 0 Å². The van der Waals surface area contributed by atoms with Crippen molar-refractivity contribution in [2.45, 2.75) is 9.79 Å². The molecule has 94 heavy (non-hydrogen) atoms. The number of para-hydroxylation sites is 11. The molecule has 14 aromatic carbocycles. The molecule has 10 heteroatoms. The summed E-state index contributed by atoms with van der Waals surface area (Å²) in [6.45, 7) is -0.704. The number of ether oxygens (including phenoxy) is 1. The molecule has 0 amide bonds. The SMILES string of the molecule is c1ccc(N(c2ccccc2)c2cc3c4c(c2)N(c2ccccc2)c2ccccc2B4c2cc4c(c(B5c6ccccc6N(c6ccccc6)c6ccccc65)c2O3)Sc2cc(N(c3ccccc3)c3ccccc3)cc3c2B4c2ccccc2N3c2ccccc2)cc1. The summed E-state index contributed by atoms with van der Waals surface area (Å²) in [4.78, 5) is 14.7. The first-order valence-corrected chi connectivity index (χ1v) is 33.2. The smallest absolute Gasteiger partial charge is 0.256 e. The Morgan fingerprint density at radius 1 is 0.255 bits per heavy atom. The maximum atomic E-state index is 8.30. The van der Waals surface area contributed by atoms with E-state index in [0.717, 1.165) is 113 Å². The van der Waals surface area contributed by atoms with Gasteiger partial charge in [0.2, 0.25) is 6.71 Å². The lowest BCUT2D eigenvalue weighted by molar-refractivity contribution is 0.490. The summed E-state index contributed by atoms with van der Waals surface area (Å²) >= 11 is 1.91. The van der Waals surface area contributed by atoms with Crippen molar-refractivity contribution in [2.24, 2.45) is 0 Å². The van der Waals surface area contributed by atoms with E-state index in [0.29, 0.717) is 0 Å². The molecule has 0 bridgehead atoms. The fourth-order valence-corrected chi connectivity index (χ4v) is 17.1. The standard InChI is InChI=1S/C84H56B3N5OS/c1-8-30-57(31-9-1)88(58-32-10-2-11-33-58)64-52-76-80-78(54-64)93-83-70(86(80)68-46-24-28-50-74(68)91(76)62-40-18-6-19-41-62)56-71-84(82(83)85-66-44-22-26-48-72(66)90(61-38-16-5-17-39-61)73-49-27-23-45-67(73)85)94-79-55-65(89(59-34-12-3-13-35-59)60-36-14-4-15-37-60)53-77-81(79)87(71)69-47-25-29-51-75(69)92(77)63-42-20-7-21-43-63/h1-56H. The molecule has 0 unspecified atom stereocenters. The molecule has 0 saturated carbocycles. The number of anilines is 15. The molecule has 19 rings (SSSR count). The molecule has 6 nitrogen and oxygen atoms in total. The quantitative estimate of drug-likeness (QED) is 0.126. The summed E-state index contributed by atoms with van der Waals surface area (Å²) < 4.78 is 8.30. The number of hydrogen-bond donors (Lipinski definition) is 0. The molecular weight excluding hydrogens is 1160 g/mol. The molecule has 5 heterocycles. The third-order valence-corrected chi connectivity index (χ3v) is 20.7. The predicted octanol–water partition coefficient (Wildman–Crippen LogP) is 16.1. The summed E-state index contributed by atoms with van der Waals surface area (Å²) in [7, 11) is 0. The second-order valence-electron chi connectivity index (χ2n) is 24.6. The maximum absolute atomic E-state index is 8.30. The maximum Gasteiger partial charge on any atom is 0.256 e. The first kappa shape index (κ1) is 54.2. The largest absolute Gasteiger partial charge is 0.459 e. The normalized spacial score (nSPS) is 13.2. The van der Waals surface area contributed by atoms with Crippen molar-refractivity contribution in [3.63, 3.8) is 0 Å². The van der Waals surface area contributed by atoms with Crippen molar-refractivity contribution < 1.29 is 4.74 Å². The van der Waals surface area contributed by atoms with Gasteiger partial charge in [-0.05, 0) is 171 Å². The molecule has 14 aromatic rings. The monoisotopic (exact) mass is 1220 g/mol. The first-order valence-electron chi connectivity index (χ1n) is 32.3. The zero-order chi connectivity index (χ0) is 61.8. The summed E-state index contributed by atoms with van der Waals surface area (Å²) in [6, 6.07) is 125. The van der Waals surface area contributed by atoms with Crippen LogP contribution in [0.15, 0.2) is 350 Å². The Balaban J connectivity index is 0.941. The van der Waals surface area contributed by atoms with Gasteiger partial charge >= 0.3 is 0 Å². The molecule has 438 valence electrons. The lowest BCUT2D eigenvalue weighted by Gasteiger charge is -2.45. The van der Waals surface area contributed by atoms with Crippen molar-refractivity contribution in [3.05, 3.63) is 340 Å². The molecule has 0 N–H and O–H groups in total. The summed E-state index contributed by atoms with van der Waals surface area (Å²) in [5, 5.41) is 0. The predicted molar refractivity (Wildman–Crippen MR) is 397 cm³/mol. The van der Waals surface area contributed by atoms with E-state index in [2.05, 4.69) is 364 Å². The van der Waals surface area contributed by atoms with Crippen LogP contribution in [-0.4, -0.2) is 20.1 Å². The van der Waals surface area contributed by atoms with Crippen LogP contribution >= 0.6 is 11.8 Å². The molecule has 5 aliphatic heterocycles. The van der Waals surface area contributed by atoms with E-state index in [-0.39, 0.29) is 20.1 Å². The van der Waals surface area contributed by atoms with E-state index in [4.69, 9.17) is 4.74 Å². The van der Waals surface area contributed by atoms with Gasteiger partial charge in [0.25, 0.3) is 13.4 Å². The molecular formula is C84H56B3N5OS. The second-order valence-corrected chi connectivity index (χ2v) is 25.7. The number of hydrogen-bond acceptors (Lipinski definition) is 7. The van der Waals surface area contributed by atoms with Crippen LogP contribution in [0.3, 0.4) is 0 Å². The Labute approximate surface area is 553 Å². The molecule has 0 fully saturated rings. The van der Waals surface area contributed by atoms with Gasteiger partial charge in [-0.15, -0.1) is 0 Å².